The number of para-hydroxylation sites is 2. The summed E-state index contributed by atoms with van der Waals surface area (Å²) in [7, 11) is 0. The van der Waals surface area contributed by atoms with Gasteiger partial charge >= 0.3 is 0 Å². The van der Waals surface area contributed by atoms with Crippen molar-refractivity contribution in [2.75, 3.05) is 5.75 Å². The van der Waals surface area contributed by atoms with Crippen molar-refractivity contribution < 1.29 is 18.3 Å². The molecule has 34 heavy (non-hydrogen) atoms. The van der Waals surface area contributed by atoms with E-state index in [1.807, 2.05) is 30.3 Å². The molecule has 3 aromatic carbocycles. The van der Waals surface area contributed by atoms with Gasteiger partial charge < -0.3 is 10.1 Å². The number of halogens is 2. The van der Waals surface area contributed by atoms with Crippen LogP contribution in [0, 0.1) is 11.6 Å². The van der Waals surface area contributed by atoms with Gasteiger partial charge in [0.1, 0.15) is 5.82 Å². The first-order chi connectivity index (χ1) is 16.5. The van der Waals surface area contributed by atoms with Crippen molar-refractivity contribution in [3.8, 4) is 11.4 Å². The maximum absolute atomic E-state index is 14.1. The number of carbonyl (C=O) groups excluding carboxylic acids is 1. The van der Waals surface area contributed by atoms with Gasteiger partial charge in [-0.2, -0.15) is 0 Å². The number of ether oxygens (including phenoxy) is 1. The smallest absolute Gasteiger partial charge is 0.230 e. The van der Waals surface area contributed by atoms with Gasteiger partial charge in [0.25, 0.3) is 0 Å². The monoisotopic (exact) mass is 480 g/mol. The molecule has 1 amide bonds. The zero-order chi connectivity index (χ0) is 23.9. The van der Waals surface area contributed by atoms with Crippen LogP contribution < -0.4 is 10.1 Å². The van der Waals surface area contributed by atoms with Gasteiger partial charge in [-0.3, -0.25) is 9.36 Å². The third-order valence-electron chi connectivity index (χ3n) is 4.91. The summed E-state index contributed by atoms with van der Waals surface area (Å²) in [5.41, 5.74) is 1.59. The van der Waals surface area contributed by atoms with Gasteiger partial charge in [-0.05, 0) is 48.9 Å². The highest BCUT2D eigenvalue weighted by Crippen LogP contribution is 2.28. The highest BCUT2D eigenvalue weighted by atomic mass is 32.2. The molecule has 0 spiro atoms. The van der Waals surface area contributed by atoms with Crippen LogP contribution in [0.4, 0.5) is 8.78 Å². The molecule has 0 radical (unpaired) electrons. The van der Waals surface area contributed by atoms with Crippen LogP contribution in [0.2, 0.25) is 0 Å². The standard InChI is InChI=1S/C25H22F2N4O2S/c1-17(33-22-10-6-5-9-21(22)27)24-29-30-25(31(24)20-7-3-2-4-8-20)34-16-23(32)28-15-18-11-13-19(26)14-12-18/h2-14,17H,15-16H2,1H3,(H,28,32). The Balaban J connectivity index is 1.48. The van der Waals surface area contributed by atoms with Gasteiger partial charge in [0, 0.05) is 12.2 Å². The minimum Gasteiger partial charge on any atom is -0.480 e. The number of carbonyl (C=O) groups is 1. The number of nitrogens with one attached hydrogen (secondary N) is 1. The van der Waals surface area contributed by atoms with Crippen molar-refractivity contribution in [3.05, 3.63) is 102 Å². The molecule has 0 aliphatic carbocycles. The molecule has 1 N–H and O–H groups in total. The number of nitrogens with zero attached hydrogens (tertiary/aromatic N) is 3. The molecule has 0 saturated carbocycles. The van der Waals surface area contributed by atoms with E-state index in [1.165, 1.54) is 30.0 Å². The molecular formula is C25H22F2N4O2S. The molecule has 4 rings (SSSR count). The van der Waals surface area contributed by atoms with Crippen molar-refractivity contribution in [1.29, 1.82) is 0 Å². The summed E-state index contributed by atoms with van der Waals surface area (Å²) in [6.45, 7) is 2.06. The van der Waals surface area contributed by atoms with Crippen LogP contribution in [0.5, 0.6) is 5.75 Å². The Morgan fingerprint density at radius 2 is 1.71 bits per heavy atom. The van der Waals surface area contributed by atoms with Crippen molar-refractivity contribution >= 4 is 17.7 Å². The Labute approximate surface area is 200 Å². The lowest BCUT2D eigenvalue weighted by Crippen LogP contribution is -2.24. The number of amides is 1. The molecule has 1 unspecified atom stereocenters. The summed E-state index contributed by atoms with van der Waals surface area (Å²) >= 11 is 1.22. The molecule has 0 fully saturated rings. The first kappa shape index (κ1) is 23.4. The van der Waals surface area contributed by atoms with E-state index in [-0.39, 0.29) is 23.2 Å². The highest BCUT2D eigenvalue weighted by molar-refractivity contribution is 7.99. The predicted molar refractivity (Wildman–Crippen MR) is 126 cm³/mol. The van der Waals surface area contributed by atoms with Crippen LogP contribution in [0.1, 0.15) is 24.4 Å². The van der Waals surface area contributed by atoms with Crippen molar-refractivity contribution in [1.82, 2.24) is 20.1 Å². The van der Waals surface area contributed by atoms with Crippen molar-refractivity contribution in [2.45, 2.75) is 24.7 Å². The van der Waals surface area contributed by atoms with Crippen LogP contribution in [0.3, 0.4) is 0 Å². The van der Waals surface area contributed by atoms with Gasteiger partial charge in [-0.15, -0.1) is 10.2 Å². The number of rotatable bonds is 9. The molecule has 0 bridgehead atoms. The average molecular weight is 481 g/mol. The molecule has 0 aliphatic rings. The van der Waals surface area contributed by atoms with Crippen molar-refractivity contribution in [2.24, 2.45) is 0 Å². The Kier molecular flexibility index (Phi) is 7.54. The van der Waals surface area contributed by atoms with E-state index in [4.69, 9.17) is 4.74 Å². The lowest BCUT2D eigenvalue weighted by molar-refractivity contribution is -0.118. The molecule has 174 valence electrons. The third-order valence-corrected chi connectivity index (χ3v) is 5.84. The quantitative estimate of drug-likeness (QED) is 0.338. The Morgan fingerprint density at radius 3 is 2.44 bits per heavy atom. The predicted octanol–water partition coefficient (Wildman–Crippen LogP) is 5.09. The lowest BCUT2D eigenvalue weighted by Gasteiger charge is -2.17. The first-order valence-corrected chi connectivity index (χ1v) is 11.6. The van der Waals surface area contributed by atoms with Crippen molar-refractivity contribution in [3.63, 3.8) is 0 Å². The van der Waals surface area contributed by atoms with E-state index in [9.17, 15) is 13.6 Å². The molecule has 4 aromatic rings. The number of aromatic nitrogens is 3. The molecule has 1 heterocycles. The molecule has 1 aromatic heterocycles. The van der Waals surface area contributed by atoms with E-state index < -0.39 is 11.9 Å². The van der Waals surface area contributed by atoms with E-state index in [1.54, 1.807) is 41.8 Å². The maximum Gasteiger partial charge on any atom is 0.230 e. The molecule has 6 nitrogen and oxygen atoms in total. The third kappa shape index (κ3) is 5.79. The Morgan fingerprint density at radius 1 is 1.00 bits per heavy atom. The minimum absolute atomic E-state index is 0.106. The summed E-state index contributed by atoms with van der Waals surface area (Å²) in [6, 6.07) is 21.5. The number of benzene rings is 3. The summed E-state index contributed by atoms with van der Waals surface area (Å²) in [5.74, 6) is -0.290. The number of hydrogen-bond acceptors (Lipinski definition) is 5. The van der Waals surface area contributed by atoms with Gasteiger partial charge in [0.05, 0.1) is 5.75 Å². The molecule has 0 aliphatic heterocycles. The van der Waals surface area contributed by atoms with Gasteiger partial charge in [-0.1, -0.05) is 54.2 Å². The van der Waals surface area contributed by atoms with Gasteiger partial charge in [0.2, 0.25) is 5.91 Å². The molecule has 1 atom stereocenters. The highest BCUT2D eigenvalue weighted by Gasteiger charge is 2.22. The van der Waals surface area contributed by atoms with Gasteiger partial charge in [0.15, 0.2) is 28.7 Å². The zero-order valence-electron chi connectivity index (χ0n) is 18.3. The molecule has 0 saturated heterocycles. The summed E-state index contributed by atoms with van der Waals surface area (Å²) < 4.78 is 34.7. The second-order valence-electron chi connectivity index (χ2n) is 7.39. The fourth-order valence-electron chi connectivity index (χ4n) is 3.23. The summed E-state index contributed by atoms with van der Waals surface area (Å²) in [5, 5.41) is 11.8. The maximum atomic E-state index is 14.1. The average Bonchev–Trinajstić information content (AvgIpc) is 3.28. The van der Waals surface area contributed by atoms with E-state index >= 15 is 0 Å². The lowest BCUT2D eigenvalue weighted by atomic mass is 10.2. The zero-order valence-corrected chi connectivity index (χ0v) is 19.1. The molecule has 9 heteroatoms. The fraction of sp³-hybridized carbons (Fsp3) is 0.160. The van der Waals surface area contributed by atoms with Crippen LogP contribution in [0.15, 0.2) is 84.0 Å². The second kappa shape index (κ2) is 10.9. The Bertz CT molecular complexity index is 1250. The van der Waals surface area contributed by atoms with Crippen LogP contribution in [0.25, 0.3) is 5.69 Å². The summed E-state index contributed by atoms with van der Waals surface area (Å²) in [4.78, 5) is 12.4. The largest absolute Gasteiger partial charge is 0.480 e. The van der Waals surface area contributed by atoms with E-state index in [0.717, 1.165) is 11.3 Å². The fourth-order valence-corrected chi connectivity index (χ4v) is 4.01. The normalized spacial score (nSPS) is 11.7. The summed E-state index contributed by atoms with van der Waals surface area (Å²) in [6.07, 6.45) is -0.605. The number of thioether (sulfide) groups is 1. The van der Waals surface area contributed by atoms with Gasteiger partial charge in [-0.25, -0.2) is 8.78 Å². The topological polar surface area (TPSA) is 69.0 Å². The van der Waals surface area contributed by atoms with E-state index in [0.29, 0.717) is 17.5 Å². The second-order valence-corrected chi connectivity index (χ2v) is 8.34. The first-order valence-electron chi connectivity index (χ1n) is 10.6. The number of hydrogen-bond donors (Lipinski definition) is 1. The molecular weight excluding hydrogens is 458 g/mol. The van der Waals surface area contributed by atoms with Crippen LogP contribution in [-0.4, -0.2) is 26.4 Å². The minimum atomic E-state index is -0.605. The Hall–Kier alpha value is -3.72. The van der Waals surface area contributed by atoms with Crippen LogP contribution in [-0.2, 0) is 11.3 Å². The van der Waals surface area contributed by atoms with Crippen LogP contribution >= 0.6 is 11.8 Å². The SMILES string of the molecule is CC(Oc1ccccc1F)c1nnc(SCC(=O)NCc2ccc(F)cc2)n1-c1ccccc1. The van der Waals surface area contributed by atoms with E-state index in [2.05, 4.69) is 15.5 Å².